The molecule has 96 valence electrons. The number of azide groups is 1. The van der Waals surface area contributed by atoms with Gasteiger partial charge in [-0.2, -0.15) is 0 Å². The maximum absolute atomic E-state index is 13.2. The first kappa shape index (κ1) is 13.7. The Morgan fingerprint density at radius 2 is 2.41 bits per heavy atom. The lowest BCUT2D eigenvalue weighted by Gasteiger charge is -2.22. The molecular formula is C9H14F2N4O2. The number of halogens is 2. The monoisotopic (exact) mass is 248 g/mol. The van der Waals surface area contributed by atoms with Crippen LogP contribution < -0.4 is 0 Å². The number of hydrogen-bond acceptors (Lipinski definition) is 3. The normalized spacial score (nSPS) is 22.3. The molecule has 6 nitrogen and oxygen atoms in total. The Kier molecular flexibility index (Phi) is 4.65. The van der Waals surface area contributed by atoms with E-state index in [1.54, 1.807) is 6.92 Å². The van der Waals surface area contributed by atoms with Crippen LogP contribution in [-0.2, 0) is 9.53 Å². The molecule has 0 N–H and O–H groups in total. The largest absolute Gasteiger partial charge is 0.380 e. The molecule has 0 radical (unpaired) electrons. The van der Waals surface area contributed by atoms with Crippen LogP contribution in [0.3, 0.4) is 0 Å². The summed E-state index contributed by atoms with van der Waals surface area (Å²) in [5.74, 6) is -3.49. The Hall–Kier alpha value is -1.40. The molecule has 0 spiro atoms. The fourth-order valence-electron chi connectivity index (χ4n) is 1.78. The highest BCUT2D eigenvalue weighted by molar-refractivity contribution is 5.79. The van der Waals surface area contributed by atoms with Gasteiger partial charge in [0.25, 0.3) is 5.92 Å². The van der Waals surface area contributed by atoms with Gasteiger partial charge in [0.15, 0.2) is 0 Å². The van der Waals surface area contributed by atoms with Gasteiger partial charge in [-0.1, -0.05) is 5.11 Å². The molecule has 1 atom stereocenters. The molecule has 1 heterocycles. The molecular weight excluding hydrogens is 234 g/mol. The van der Waals surface area contributed by atoms with Gasteiger partial charge in [0.05, 0.1) is 19.2 Å². The van der Waals surface area contributed by atoms with Gasteiger partial charge < -0.3 is 9.64 Å². The van der Waals surface area contributed by atoms with E-state index in [0.717, 1.165) is 4.90 Å². The Morgan fingerprint density at radius 3 is 3.00 bits per heavy atom. The molecule has 1 aliphatic rings. The summed E-state index contributed by atoms with van der Waals surface area (Å²) >= 11 is 0. The molecule has 0 bridgehead atoms. The van der Waals surface area contributed by atoms with Gasteiger partial charge in [0.1, 0.15) is 6.54 Å². The predicted molar refractivity (Wildman–Crippen MR) is 55.6 cm³/mol. The minimum atomic E-state index is -2.90. The van der Waals surface area contributed by atoms with Crippen molar-refractivity contribution in [2.45, 2.75) is 25.3 Å². The van der Waals surface area contributed by atoms with E-state index in [2.05, 4.69) is 10.0 Å². The van der Waals surface area contributed by atoms with Gasteiger partial charge in [0, 0.05) is 17.9 Å². The minimum absolute atomic E-state index is 0.0775. The van der Waals surface area contributed by atoms with Crippen molar-refractivity contribution in [1.29, 1.82) is 0 Å². The van der Waals surface area contributed by atoms with E-state index in [9.17, 15) is 13.6 Å². The quantitative estimate of drug-likeness (QED) is 0.420. The molecule has 1 rings (SSSR count). The van der Waals surface area contributed by atoms with Gasteiger partial charge in [-0.15, -0.1) is 0 Å². The Morgan fingerprint density at radius 1 is 1.71 bits per heavy atom. The van der Waals surface area contributed by atoms with Gasteiger partial charge in [-0.25, -0.2) is 8.78 Å². The number of likely N-dealkylation sites (tertiary alicyclic amines) is 1. The summed E-state index contributed by atoms with van der Waals surface area (Å²) < 4.78 is 31.5. The molecule has 8 heteroatoms. The van der Waals surface area contributed by atoms with Crippen molar-refractivity contribution in [3.63, 3.8) is 0 Å². The van der Waals surface area contributed by atoms with Crippen molar-refractivity contribution in [1.82, 2.24) is 4.90 Å². The lowest BCUT2D eigenvalue weighted by molar-refractivity contribution is -0.132. The van der Waals surface area contributed by atoms with Gasteiger partial charge in [-0.3, -0.25) is 4.79 Å². The van der Waals surface area contributed by atoms with Crippen molar-refractivity contribution in [2.24, 2.45) is 5.11 Å². The number of amides is 1. The van der Waals surface area contributed by atoms with Crippen molar-refractivity contribution < 1.29 is 18.3 Å². The van der Waals surface area contributed by atoms with Crippen LogP contribution in [0, 0.1) is 0 Å². The summed E-state index contributed by atoms with van der Waals surface area (Å²) in [6.45, 7) is 1.16. The van der Waals surface area contributed by atoms with Crippen LogP contribution in [-0.4, -0.2) is 49.1 Å². The highest BCUT2D eigenvalue weighted by atomic mass is 19.3. The lowest BCUT2D eigenvalue weighted by atomic mass is 10.2. The van der Waals surface area contributed by atoms with Crippen LogP contribution in [0.4, 0.5) is 8.78 Å². The van der Waals surface area contributed by atoms with E-state index in [-0.39, 0.29) is 6.61 Å². The Labute approximate surface area is 97.2 Å². The summed E-state index contributed by atoms with van der Waals surface area (Å²) in [6.07, 6.45) is -0.408. The summed E-state index contributed by atoms with van der Waals surface area (Å²) in [6, 6.07) is -0.647. The van der Waals surface area contributed by atoms with E-state index >= 15 is 0 Å². The van der Waals surface area contributed by atoms with Gasteiger partial charge in [-0.05, 0) is 12.5 Å². The third kappa shape index (κ3) is 3.83. The number of ether oxygens (including phenoxy) is 1. The average molecular weight is 248 g/mol. The van der Waals surface area contributed by atoms with Crippen LogP contribution in [0.5, 0.6) is 0 Å². The maximum atomic E-state index is 13.2. The fraction of sp³-hybridized carbons (Fsp3) is 0.889. The number of hydrogen-bond donors (Lipinski definition) is 0. The molecule has 1 amide bonds. The highest BCUT2D eigenvalue weighted by Crippen LogP contribution is 2.32. The first-order valence-electron chi connectivity index (χ1n) is 5.26. The molecule has 1 fully saturated rings. The smallest absolute Gasteiger partial charge is 0.267 e. The van der Waals surface area contributed by atoms with Crippen LogP contribution in [0.25, 0.3) is 10.4 Å². The van der Waals surface area contributed by atoms with Crippen molar-refractivity contribution in [3.8, 4) is 0 Å². The molecule has 0 aliphatic carbocycles. The summed E-state index contributed by atoms with van der Waals surface area (Å²) in [7, 11) is 0. The molecule has 0 saturated carbocycles. The van der Waals surface area contributed by atoms with Gasteiger partial charge in [0.2, 0.25) is 5.91 Å². The predicted octanol–water partition coefficient (Wildman–Crippen LogP) is 1.57. The highest BCUT2D eigenvalue weighted by Gasteiger charge is 2.46. The molecule has 0 unspecified atom stereocenters. The Bertz CT molecular complexity index is 331. The molecule has 0 aromatic rings. The van der Waals surface area contributed by atoms with Crippen LogP contribution in [0.2, 0.25) is 0 Å². The van der Waals surface area contributed by atoms with E-state index in [1.807, 2.05) is 0 Å². The molecule has 1 saturated heterocycles. The third-order valence-electron chi connectivity index (χ3n) is 2.48. The zero-order valence-corrected chi connectivity index (χ0v) is 9.47. The van der Waals surface area contributed by atoms with Crippen molar-refractivity contribution in [3.05, 3.63) is 10.4 Å². The topological polar surface area (TPSA) is 78.3 Å². The minimum Gasteiger partial charge on any atom is -0.380 e. The van der Waals surface area contributed by atoms with Crippen molar-refractivity contribution >= 4 is 5.91 Å². The zero-order chi connectivity index (χ0) is 12.9. The summed E-state index contributed by atoms with van der Waals surface area (Å²) in [5.41, 5.74) is 8.08. The second kappa shape index (κ2) is 5.79. The van der Waals surface area contributed by atoms with E-state index < -0.39 is 37.4 Å². The SMILES string of the molecule is CCOC[C@@H]1CC(F)(F)CN1C(=O)CN=[N+]=[N-]. The van der Waals surface area contributed by atoms with E-state index in [0.29, 0.717) is 6.61 Å². The first-order chi connectivity index (χ1) is 8.00. The first-order valence-corrected chi connectivity index (χ1v) is 5.26. The zero-order valence-electron chi connectivity index (χ0n) is 9.47. The molecule has 0 aromatic carbocycles. The van der Waals surface area contributed by atoms with E-state index in [1.165, 1.54) is 0 Å². The van der Waals surface area contributed by atoms with Crippen LogP contribution in [0.1, 0.15) is 13.3 Å². The number of alkyl halides is 2. The summed E-state index contributed by atoms with van der Waals surface area (Å²) in [5, 5.41) is 3.08. The van der Waals surface area contributed by atoms with Crippen molar-refractivity contribution in [2.75, 3.05) is 26.3 Å². The number of nitrogens with zero attached hydrogens (tertiary/aromatic N) is 4. The average Bonchev–Trinajstić information content (AvgIpc) is 2.58. The fourth-order valence-corrected chi connectivity index (χ4v) is 1.78. The molecule has 1 aliphatic heterocycles. The second-order valence-electron chi connectivity index (χ2n) is 3.78. The van der Waals surface area contributed by atoms with Gasteiger partial charge >= 0.3 is 0 Å². The lowest BCUT2D eigenvalue weighted by Crippen LogP contribution is -2.40. The Balaban J connectivity index is 2.65. The number of rotatable bonds is 5. The number of carbonyl (C=O) groups excluding carboxylic acids is 1. The number of carbonyl (C=O) groups is 1. The molecule has 0 aromatic heterocycles. The standard InChI is InChI=1S/C9H14F2N4O2/c1-2-17-5-7-3-9(10,11)6-15(7)8(16)4-13-14-12/h7H,2-6H2,1H3/t7-/m0/s1. The van der Waals surface area contributed by atoms with Crippen LogP contribution in [0.15, 0.2) is 5.11 Å². The van der Waals surface area contributed by atoms with Crippen LogP contribution >= 0.6 is 0 Å². The molecule has 17 heavy (non-hydrogen) atoms. The third-order valence-corrected chi connectivity index (χ3v) is 2.48. The van der Waals surface area contributed by atoms with E-state index in [4.69, 9.17) is 10.3 Å². The second-order valence-corrected chi connectivity index (χ2v) is 3.78. The summed E-state index contributed by atoms with van der Waals surface area (Å²) in [4.78, 5) is 15.0. The maximum Gasteiger partial charge on any atom is 0.267 e.